The van der Waals surface area contributed by atoms with Gasteiger partial charge in [-0.2, -0.15) is 0 Å². The fourth-order valence-corrected chi connectivity index (χ4v) is 8.80. The van der Waals surface area contributed by atoms with Gasteiger partial charge in [0.05, 0.1) is 17.8 Å². The van der Waals surface area contributed by atoms with Crippen molar-refractivity contribution >= 4 is 0 Å². The molecule has 0 aromatic carbocycles. The van der Waals surface area contributed by atoms with E-state index in [4.69, 9.17) is 0 Å². The SMILES string of the molecule is CC(C)CCCC(C)(O)[C@H]1[C@@H](O)C[C@H]2[C@@H]3CC=C4C[C@@H](O)CC[C@]4(C)[C@H]3CC[C@]12C. The molecule has 0 spiro atoms. The van der Waals surface area contributed by atoms with Gasteiger partial charge in [-0.3, -0.25) is 0 Å². The lowest BCUT2D eigenvalue weighted by Gasteiger charge is -2.58. The average Bonchev–Trinajstić information content (AvgIpc) is 2.92. The Hall–Kier alpha value is -0.380. The van der Waals surface area contributed by atoms with Crippen molar-refractivity contribution in [3.8, 4) is 0 Å². The molecule has 0 bridgehead atoms. The minimum Gasteiger partial charge on any atom is -0.393 e. The van der Waals surface area contributed by atoms with Gasteiger partial charge in [0.25, 0.3) is 0 Å². The summed E-state index contributed by atoms with van der Waals surface area (Å²) in [7, 11) is 0. The molecule has 4 aliphatic carbocycles. The van der Waals surface area contributed by atoms with Crippen molar-refractivity contribution in [3.05, 3.63) is 11.6 Å². The average molecular weight is 419 g/mol. The maximum absolute atomic E-state index is 11.6. The molecule has 0 heterocycles. The Kier molecular flexibility index (Phi) is 5.99. The van der Waals surface area contributed by atoms with E-state index in [1.165, 1.54) is 12.0 Å². The van der Waals surface area contributed by atoms with Crippen LogP contribution in [0, 0.1) is 40.4 Å². The molecule has 1 unspecified atom stereocenters. The van der Waals surface area contributed by atoms with Crippen LogP contribution in [0.25, 0.3) is 0 Å². The molecule has 30 heavy (non-hydrogen) atoms. The zero-order chi connectivity index (χ0) is 21.9. The van der Waals surface area contributed by atoms with E-state index < -0.39 is 5.60 Å². The molecule has 4 aliphatic rings. The molecule has 4 rings (SSSR count). The predicted octanol–water partition coefficient (Wildman–Crippen LogP) is 5.47. The van der Waals surface area contributed by atoms with Gasteiger partial charge >= 0.3 is 0 Å². The molecule has 0 amide bonds. The van der Waals surface area contributed by atoms with Gasteiger partial charge in [-0.1, -0.05) is 52.2 Å². The summed E-state index contributed by atoms with van der Waals surface area (Å²) in [6.07, 6.45) is 12.0. The highest BCUT2D eigenvalue weighted by atomic mass is 16.3. The summed E-state index contributed by atoms with van der Waals surface area (Å²) in [5, 5.41) is 33.0. The Morgan fingerprint density at radius 1 is 1.13 bits per heavy atom. The van der Waals surface area contributed by atoms with Crippen LogP contribution in [0.4, 0.5) is 0 Å². The van der Waals surface area contributed by atoms with Crippen molar-refractivity contribution in [2.75, 3.05) is 0 Å². The van der Waals surface area contributed by atoms with Crippen LogP contribution in [0.1, 0.15) is 98.8 Å². The first-order valence-electron chi connectivity index (χ1n) is 12.8. The van der Waals surface area contributed by atoms with Crippen LogP contribution in [0.15, 0.2) is 11.6 Å². The third kappa shape index (κ3) is 3.61. The third-order valence-corrected chi connectivity index (χ3v) is 10.2. The molecule has 0 saturated heterocycles. The van der Waals surface area contributed by atoms with Crippen molar-refractivity contribution in [3.63, 3.8) is 0 Å². The highest BCUT2D eigenvalue weighted by molar-refractivity contribution is 5.26. The molecule has 0 aromatic rings. The molecular formula is C27H46O3. The smallest absolute Gasteiger partial charge is 0.0677 e. The van der Waals surface area contributed by atoms with Gasteiger partial charge < -0.3 is 15.3 Å². The van der Waals surface area contributed by atoms with Crippen molar-refractivity contribution < 1.29 is 15.3 Å². The maximum Gasteiger partial charge on any atom is 0.0677 e. The van der Waals surface area contributed by atoms with E-state index in [1.54, 1.807) is 0 Å². The third-order valence-electron chi connectivity index (χ3n) is 10.2. The lowest BCUT2D eigenvalue weighted by molar-refractivity contribution is -0.123. The van der Waals surface area contributed by atoms with Gasteiger partial charge in [0, 0.05) is 5.92 Å². The first kappa shape index (κ1) is 22.8. The van der Waals surface area contributed by atoms with Crippen LogP contribution in [0.2, 0.25) is 0 Å². The predicted molar refractivity (Wildman–Crippen MR) is 122 cm³/mol. The van der Waals surface area contributed by atoms with E-state index in [1.807, 2.05) is 6.92 Å². The number of rotatable bonds is 5. The van der Waals surface area contributed by atoms with E-state index in [0.717, 1.165) is 57.8 Å². The fourth-order valence-electron chi connectivity index (χ4n) is 8.80. The van der Waals surface area contributed by atoms with Gasteiger partial charge in [-0.15, -0.1) is 0 Å². The van der Waals surface area contributed by atoms with Crippen molar-refractivity contribution in [1.82, 2.24) is 0 Å². The largest absolute Gasteiger partial charge is 0.393 e. The summed E-state index contributed by atoms with van der Waals surface area (Å²) >= 11 is 0. The van der Waals surface area contributed by atoms with Gasteiger partial charge in [-0.05, 0) is 92.8 Å². The Bertz CT molecular complexity index is 667. The van der Waals surface area contributed by atoms with Crippen LogP contribution in [0.5, 0.6) is 0 Å². The molecule has 9 atom stereocenters. The fraction of sp³-hybridized carbons (Fsp3) is 0.926. The standard InChI is InChI=1S/C27H46O3/c1-17(2)7-6-12-27(5,30)24-23(29)16-22-20-9-8-18-15-19(28)10-13-25(18,3)21(20)11-14-26(22,24)4/h8,17,19-24,28-30H,6-7,9-16H2,1-5H3/t19-,20+,21-,22-,23-,24-,25-,26-,27?/m0/s1. The second kappa shape index (κ2) is 7.89. The van der Waals surface area contributed by atoms with Gasteiger partial charge in [0.1, 0.15) is 0 Å². The summed E-state index contributed by atoms with van der Waals surface area (Å²) in [4.78, 5) is 0. The zero-order valence-corrected chi connectivity index (χ0v) is 20.0. The number of fused-ring (bicyclic) bond motifs is 5. The monoisotopic (exact) mass is 418 g/mol. The molecule has 3 heteroatoms. The van der Waals surface area contributed by atoms with Crippen molar-refractivity contribution in [1.29, 1.82) is 0 Å². The summed E-state index contributed by atoms with van der Waals surface area (Å²) in [6, 6.07) is 0. The molecule has 0 aliphatic heterocycles. The first-order chi connectivity index (χ1) is 14.0. The molecule has 3 fully saturated rings. The molecule has 172 valence electrons. The lowest BCUT2D eigenvalue weighted by Crippen LogP contribution is -2.53. The Balaban J connectivity index is 1.57. The van der Waals surface area contributed by atoms with Crippen molar-refractivity contribution in [2.45, 2.75) is 117 Å². The number of aliphatic hydroxyl groups is 3. The summed E-state index contributed by atoms with van der Waals surface area (Å²) in [5.74, 6) is 2.41. The molecule has 3 nitrogen and oxygen atoms in total. The topological polar surface area (TPSA) is 60.7 Å². The highest BCUT2D eigenvalue weighted by Gasteiger charge is 2.63. The maximum atomic E-state index is 11.6. The number of allylic oxidation sites excluding steroid dienone is 1. The molecule has 3 saturated carbocycles. The number of aliphatic hydroxyl groups excluding tert-OH is 2. The van der Waals surface area contributed by atoms with Crippen LogP contribution >= 0.6 is 0 Å². The van der Waals surface area contributed by atoms with E-state index in [0.29, 0.717) is 23.7 Å². The van der Waals surface area contributed by atoms with E-state index in [2.05, 4.69) is 33.8 Å². The zero-order valence-electron chi connectivity index (χ0n) is 20.0. The highest BCUT2D eigenvalue weighted by Crippen LogP contribution is 2.67. The first-order valence-corrected chi connectivity index (χ1v) is 12.8. The van der Waals surface area contributed by atoms with E-state index in [-0.39, 0.29) is 29.0 Å². The number of hydrogen-bond donors (Lipinski definition) is 3. The minimum atomic E-state index is -0.793. The summed E-state index contributed by atoms with van der Waals surface area (Å²) < 4.78 is 0. The van der Waals surface area contributed by atoms with Gasteiger partial charge in [-0.25, -0.2) is 0 Å². The number of hydrogen-bond acceptors (Lipinski definition) is 3. The Labute approximate surface area is 184 Å². The molecule has 0 radical (unpaired) electrons. The van der Waals surface area contributed by atoms with Crippen LogP contribution in [-0.4, -0.2) is 33.1 Å². The van der Waals surface area contributed by atoms with Crippen molar-refractivity contribution in [2.24, 2.45) is 40.4 Å². The second-order valence-electron chi connectivity index (χ2n) is 12.6. The lowest BCUT2D eigenvalue weighted by atomic mass is 9.46. The molecule has 3 N–H and O–H groups in total. The Morgan fingerprint density at radius 3 is 2.57 bits per heavy atom. The Morgan fingerprint density at radius 2 is 1.87 bits per heavy atom. The second-order valence-corrected chi connectivity index (χ2v) is 12.6. The van der Waals surface area contributed by atoms with E-state index >= 15 is 0 Å². The van der Waals surface area contributed by atoms with Gasteiger partial charge in [0.2, 0.25) is 0 Å². The minimum absolute atomic E-state index is 0.0190. The normalized spacial score (nSPS) is 47.8. The van der Waals surface area contributed by atoms with Crippen LogP contribution < -0.4 is 0 Å². The summed E-state index contributed by atoms with van der Waals surface area (Å²) in [5.41, 5.74) is 0.963. The molecular weight excluding hydrogens is 372 g/mol. The quantitative estimate of drug-likeness (QED) is 0.519. The van der Waals surface area contributed by atoms with Crippen LogP contribution in [-0.2, 0) is 0 Å². The van der Waals surface area contributed by atoms with Gasteiger partial charge in [0.15, 0.2) is 0 Å². The van der Waals surface area contributed by atoms with Crippen LogP contribution in [0.3, 0.4) is 0 Å². The summed E-state index contributed by atoms with van der Waals surface area (Å²) in [6.45, 7) is 11.3. The molecule has 0 aromatic heterocycles. The van der Waals surface area contributed by atoms with E-state index in [9.17, 15) is 15.3 Å².